The SMILES string of the molecule is CC(C)CCOCCN=C(N)NC1CCCCCC1.I. The summed E-state index contributed by atoms with van der Waals surface area (Å²) in [4.78, 5) is 4.32. The molecule has 0 heterocycles. The van der Waals surface area contributed by atoms with Crippen LogP contribution < -0.4 is 11.1 Å². The molecule has 0 atom stereocenters. The Morgan fingerprint density at radius 2 is 1.85 bits per heavy atom. The predicted molar refractivity (Wildman–Crippen MR) is 96.8 cm³/mol. The Labute approximate surface area is 141 Å². The molecule has 1 aliphatic rings. The van der Waals surface area contributed by atoms with Crippen LogP contribution in [0.3, 0.4) is 0 Å². The van der Waals surface area contributed by atoms with Crippen molar-refractivity contribution in [2.45, 2.75) is 64.8 Å². The highest BCUT2D eigenvalue weighted by molar-refractivity contribution is 14.0. The second-order valence-electron chi connectivity index (χ2n) is 5.89. The lowest BCUT2D eigenvalue weighted by molar-refractivity contribution is 0.130. The van der Waals surface area contributed by atoms with Gasteiger partial charge >= 0.3 is 0 Å². The summed E-state index contributed by atoms with van der Waals surface area (Å²) in [5, 5.41) is 3.34. The first-order valence-electron chi connectivity index (χ1n) is 7.82. The zero-order valence-corrected chi connectivity index (χ0v) is 15.4. The van der Waals surface area contributed by atoms with Crippen molar-refractivity contribution in [3.05, 3.63) is 0 Å². The maximum atomic E-state index is 5.90. The number of rotatable bonds is 7. The van der Waals surface area contributed by atoms with Crippen LogP contribution in [0.1, 0.15) is 58.8 Å². The second-order valence-corrected chi connectivity index (χ2v) is 5.89. The average molecular weight is 397 g/mol. The smallest absolute Gasteiger partial charge is 0.188 e. The molecule has 3 N–H and O–H groups in total. The van der Waals surface area contributed by atoms with E-state index in [0.29, 0.717) is 31.1 Å². The minimum Gasteiger partial charge on any atom is -0.380 e. The van der Waals surface area contributed by atoms with E-state index in [0.717, 1.165) is 13.0 Å². The van der Waals surface area contributed by atoms with Crippen LogP contribution in [0.4, 0.5) is 0 Å². The van der Waals surface area contributed by atoms with Gasteiger partial charge in [0.1, 0.15) is 0 Å². The molecule has 1 rings (SSSR count). The highest BCUT2D eigenvalue weighted by atomic mass is 127. The quantitative estimate of drug-likeness (QED) is 0.228. The van der Waals surface area contributed by atoms with Crippen molar-refractivity contribution >= 4 is 29.9 Å². The molecule has 0 aromatic heterocycles. The molecule has 0 radical (unpaired) electrons. The van der Waals surface area contributed by atoms with Gasteiger partial charge in [0.25, 0.3) is 0 Å². The van der Waals surface area contributed by atoms with E-state index in [1.165, 1.54) is 38.5 Å². The molecule has 0 aromatic carbocycles. The highest BCUT2D eigenvalue weighted by Crippen LogP contribution is 2.16. The predicted octanol–water partition coefficient (Wildman–Crippen LogP) is 3.29. The largest absolute Gasteiger partial charge is 0.380 e. The molecule has 4 nitrogen and oxygen atoms in total. The zero-order valence-electron chi connectivity index (χ0n) is 13.1. The standard InChI is InChI=1S/C15H31N3O.HI/c1-13(2)9-11-19-12-10-17-15(16)18-14-7-5-3-4-6-8-14;/h13-14H,3-12H2,1-2H3,(H3,16,17,18);1H. The molecule has 0 aliphatic heterocycles. The maximum absolute atomic E-state index is 5.90. The number of aliphatic imine (C=N–C) groups is 1. The summed E-state index contributed by atoms with van der Waals surface area (Å²) in [5.41, 5.74) is 5.90. The van der Waals surface area contributed by atoms with Crippen molar-refractivity contribution in [3.8, 4) is 0 Å². The fourth-order valence-corrected chi connectivity index (χ4v) is 2.33. The van der Waals surface area contributed by atoms with Gasteiger partial charge in [-0.3, -0.25) is 4.99 Å². The molecule has 0 spiro atoms. The van der Waals surface area contributed by atoms with E-state index < -0.39 is 0 Å². The van der Waals surface area contributed by atoms with Gasteiger partial charge in [0.15, 0.2) is 5.96 Å². The molecule has 0 saturated heterocycles. The molecular weight excluding hydrogens is 365 g/mol. The molecule has 0 bridgehead atoms. The number of guanidine groups is 1. The Hall–Kier alpha value is -0.0400. The van der Waals surface area contributed by atoms with Gasteiger partial charge in [-0.25, -0.2) is 0 Å². The van der Waals surface area contributed by atoms with Gasteiger partial charge in [-0.05, 0) is 25.2 Å². The van der Waals surface area contributed by atoms with Crippen molar-refractivity contribution in [2.75, 3.05) is 19.8 Å². The van der Waals surface area contributed by atoms with E-state index >= 15 is 0 Å². The van der Waals surface area contributed by atoms with Crippen LogP contribution in [0.25, 0.3) is 0 Å². The van der Waals surface area contributed by atoms with Crippen molar-refractivity contribution in [3.63, 3.8) is 0 Å². The van der Waals surface area contributed by atoms with E-state index in [-0.39, 0.29) is 24.0 Å². The maximum Gasteiger partial charge on any atom is 0.188 e. The van der Waals surface area contributed by atoms with Crippen molar-refractivity contribution in [1.29, 1.82) is 0 Å². The van der Waals surface area contributed by atoms with Gasteiger partial charge in [-0.1, -0.05) is 39.5 Å². The van der Waals surface area contributed by atoms with Crippen LogP contribution in [-0.4, -0.2) is 31.8 Å². The Bertz CT molecular complexity index is 252. The molecule has 20 heavy (non-hydrogen) atoms. The number of hydrogen-bond acceptors (Lipinski definition) is 2. The summed E-state index contributed by atoms with van der Waals surface area (Å²) in [6.07, 6.45) is 8.89. The number of halogens is 1. The summed E-state index contributed by atoms with van der Waals surface area (Å²) in [5.74, 6) is 1.28. The normalized spacial score (nSPS) is 17.6. The fraction of sp³-hybridized carbons (Fsp3) is 0.933. The third-order valence-electron chi connectivity index (χ3n) is 3.56. The van der Waals surface area contributed by atoms with Gasteiger partial charge in [-0.15, -0.1) is 24.0 Å². The fourth-order valence-electron chi connectivity index (χ4n) is 2.33. The molecule has 1 saturated carbocycles. The summed E-state index contributed by atoms with van der Waals surface area (Å²) in [6, 6.07) is 0.521. The van der Waals surface area contributed by atoms with Gasteiger partial charge < -0.3 is 15.8 Å². The molecule has 0 aromatic rings. The third kappa shape index (κ3) is 10.7. The van der Waals surface area contributed by atoms with Crippen molar-refractivity contribution in [1.82, 2.24) is 5.32 Å². The third-order valence-corrected chi connectivity index (χ3v) is 3.56. The average Bonchev–Trinajstić information content (AvgIpc) is 2.62. The minimum absolute atomic E-state index is 0. The van der Waals surface area contributed by atoms with Gasteiger partial charge in [0, 0.05) is 12.6 Å². The molecular formula is C15H32IN3O. The summed E-state index contributed by atoms with van der Waals surface area (Å²) < 4.78 is 5.51. The van der Waals surface area contributed by atoms with Crippen LogP contribution in [0.2, 0.25) is 0 Å². The zero-order chi connectivity index (χ0) is 13.9. The lowest BCUT2D eigenvalue weighted by Gasteiger charge is -2.16. The molecule has 0 unspecified atom stereocenters. The Morgan fingerprint density at radius 3 is 2.45 bits per heavy atom. The molecule has 0 amide bonds. The number of ether oxygens (including phenoxy) is 1. The van der Waals surface area contributed by atoms with E-state index in [4.69, 9.17) is 10.5 Å². The van der Waals surface area contributed by atoms with Crippen LogP contribution in [0.15, 0.2) is 4.99 Å². The highest BCUT2D eigenvalue weighted by Gasteiger charge is 2.11. The van der Waals surface area contributed by atoms with Crippen molar-refractivity contribution in [2.24, 2.45) is 16.6 Å². The van der Waals surface area contributed by atoms with Crippen LogP contribution in [-0.2, 0) is 4.74 Å². The Balaban J connectivity index is 0.00000361. The van der Waals surface area contributed by atoms with Crippen LogP contribution in [0, 0.1) is 5.92 Å². The molecule has 5 heteroatoms. The van der Waals surface area contributed by atoms with E-state index in [2.05, 4.69) is 24.2 Å². The Morgan fingerprint density at radius 1 is 1.20 bits per heavy atom. The summed E-state index contributed by atoms with van der Waals surface area (Å²) in [6.45, 7) is 6.55. The molecule has 1 fully saturated rings. The Kier molecular flexibility index (Phi) is 12.7. The second kappa shape index (κ2) is 12.7. The van der Waals surface area contributed by atoms with Gasteiger partial charge in [-0.2, -0.15) is 0 Å². The van der Waals surface area contributed by atoms with Crippen LogP contribution in [0.5, 0.6) is 0 Å². The topological polar surface area (TPSA) is 59.6 Å². The van der Waals surface area contributed by atoms with Gasteiger partial charge in [0.2, 0.25) is 0 Å². The minimum atomic E-state index is 0. The number of nitrogens with zero attached hydrogens (tertiary/aromatic N) is 1. The number of hydrogen-bond donors (Lipinski definition) is 2. The van der Waals surface area contributed by atoms with E-state index in [1.807, 2.05) is 0 Å². The number of nitrogens with one attached hydrogen (secondary N) is 1. The summed E-state index contributed by atoms with van der Waals surface area (Å²) in [7, 11) is 0. The molecule has 120 valence electrons. The monoisotopic (exact) mass is 397 g/mol. The van der Waals surface area contributed by atoms with E-state index in [1.54, 1.807) is 0 Å². The first-order valence-corrected chi connectivity index (χ1v) is 7.82. The first kappa shape index (κ1) is 20.0. The summed E-state index contributed by atoms with van der Waals surface area (Å²) >= 11 is 0. The van der Waals surface area contributed by atoms with Crippen LogP contribution >= 0.6 is 24.0 Å². The first-order chi connectivity index (χ1) is 9.18. The molecule has 1 aliphatic carbocycles. The lowest BCUT2D eigenvalue weighted by Crippen LogP contribution is -2.40. The number of nitrogens with two attached hydrogens (primary N) is 1. The van der Waals surface area contributed by atoms with E-state index in [9.17, 15) is 0 Å². The lowest BCUT2D eigenvalue weighted by atomic mass is 10.1. The van der Waals surface area contributed by atoms with Crippen molar-refractivity contribution < 1.29 is 4.74 Å². The van der Waals surface area contributed by atoms with Gasteiger partial charge in [0.05, 0.1) is 13.2 Å².